The van der Waals surface area contributed by atoms with E-state index in [4.69, 9.17) is 5.73 Å². The number of nitrogens with two attached hydrogens (primary N) is 1. The van der Waals surface area contributed by atoms with E-state index in [1.165, 1.54) is 29.3 Å². The van der Waals surface area contributed by atoms with Crippen molar-refractivity contribution >= 4 is 23.7 Å². The Hall–Kier alpha value is -4.21. The fraction of sp³-hybridized carbons (Fsp3) is 0.167. The van der Waals surface area contributed by atoms with Gasteiger partial charge in [-0.25, -0.2) is 4.68 Å². The summed E-state index contributed by atoms with van der Waals surface area (Å²) in [5.41, 5.74) is 6.19. The molecule has 34 heavy (non-hydrogen) atoms. The summed E-state index contributed by atoms with van der Waals surface area (Å²) in [6, 6.07) is 13.5. The minimum absolute atomic E-state index is 0.00181. The highest BCUT2D eigenvalue weighted by molar-refractivity contribution is 6.08. The lowest BCUT2D eigenvalue weighted by atomic mass is 10.0. The quantitative estimate of drug-likeness (QED) is 0.601. The van der Waals surface area contributed by atoms with Crippen molar-refractivity contribution in [1.82, 2.24) is 9.78 Å². The molecule has 0 spiro atoms. The molecule has 2 N–H and O–H groups in total. The van der Waals surface area contributed by atoms with E-state index < -0.39 is 29.5 Å². The predicted molar refractivity (Wildman–Crippen MR) is 120 cm³/mol. The van der Waals surface area contributed by atoms with Gasteiger partial charge in [-0.05, 0) is 42.0 Å². The van der Waals surface area contributed by atoms with Crippen LogP contribution in [-0.4, -0.2) is 34.4 Å². The highest BCUT2D eigenvalue weighted by Gasteiger charge is 2.32. The van der Waals surface area contributed by atoms with E-state index in [1.54, 1.807) is 47.4 Å². The second-order valence-electron chi connectivity index (χ2n) is 7.67. The Bertz CT molecular complexity index is 1250. The second kappa shape index (κ2) is 9.34. The summed E-state index contributed by atoms with van der Waals surface area (Å²) in [7, 11) is 0. The van der Waals surface area contributed by atoms with Crippen LogP contribution in [0.25, 0.3) is 5.69 Å². The zero-order chi connectivity index (χ0) is 24.3. The van der Waals surface area contributed by atoms with Gasteiger partial charge in [-0.15, -0.1) is 0 Å². The molecule has 2 aromatic carbocycles. The van der Waals surface area contributed by atoms with Crippen molar-refractivity contribution in [2.45, 2.75) is 12.7 Å². The lowest BCUT2D eigenvalue weighted by Crippen LogP contribution is -2.35. The maximum absolute atomic E-state index is 13.4. The third-order valence-corrected chi connectivity index (χ3v) is 5.29. The van der Waals surface area contributed by atoms with Crippen LogP contribution in [0.15, 0.2) is 83.6 Å². The van der Waals surface area contributed by atoms with Crippen LogP contribution in [0.2, 0.25) is 0 Å². The number of primary amides is 1. The zero-order valence-corrected chi connectivity index (χ0v) is 17.8. The molecule has 2 heterocycles. The van der Waals surface area contributed by atoms with Crippen LogP contribution < -0.4 is 10.6 Å². The average Bonchev–Trinajstić information content (AvgIpc) is 3.37. The van der Waals surface area contributed by atoms with Crippen LogP contribution in [0.3, 0.4) is 0 Å². The number of benzene rings is 2. The van der Waals surface area contributed by atoms with E-state index in [0.717, 1.165) is 17.8 Å². The number of alkyl halides is 3. The smallest absolute Gasteiger partial charge is 0.369 e. The highest BCUT2D eigenvalue weighted by atomic mass is 19.4. The largest absolute Gasteiger partial charge is 0.416 e. The number of dihydropyridines is 1. The Labute approximate surface area is 193 Å². The van der Waals surface area contributed by atoms with Crippen molar-refractivity contribution in [3.05, 3.63) is 89.8 Å². The Morgan fingerprint density at radius 2 is 1.88 bits per heavy atom. The van der Waals surface area contributed by atoms with Gasteiger partial charge < -0.3 is 10.6 Å². The molecule has 0 radical (unpaired) electrons. The van der Waals surface area contributed by atoms with Gasteiger partial charge in [0.1, 0.15) is 0 Å². The number of halogens is 3. The Morgan fingerprint density at radius 3 is 2.53 bits per heavy atom. The molecule has 1 unspecified atom stereocenters. The predicted octanol–water partition coefficient (Wildman–Crippen LogP) is 3.54. The summed E-state index contributed by atoms with van der Waals surface area (Å²) >= 11 is 0. The van der Waals surface area contributed by atoms with Gasteiger partial charge in [0.25, 0.3) is 5.91 Å². The van der Waals surface area contributed by atoms with E-state index >= 15 is 0 Å². The normalized spacial score (nSPS) is 15.6. The Balaban J connectivity index is 1.68. The second-order valence-corrected chi connectivity index (χ2v) is 7.67. The van der Waals surface area contributed by atoms with E-state index in [-0.39, 0.29) is 24.4 Å². The molecule has 1 atom stereocenters. The minimum Gasteiger partial charge on any atom is -0.369 e. The minimum atomic E-state index is -4.57. The van der Waals surface area contributed by atoms with Crippen LogP contribution in [0.4, 0.5) is 18.9 Å². The van der Waals surface area contributed by atoms with Gasteiger partial charge >= 0.3 is 6.18 Å². The standard InChI is InChI=1S/C24H20F3N5O2/c25-24(26,27)19-3-1-4-21(12-19)31(23(34)18-11-17(22(28)33)13-29-14-18)15-16-5-7-20(8-6-16)32-10-2-9-30-32/h1-13,17H,14-15H2,(H2,28,33). The number of aromatic nitrogens is 2. The van der Waals surface area contributed by atoms with Gasteiger partial charge in [-0.2, -0.15) is 18.3 Å². The third kappa shape index (κ3) is 5.06. The average molecular weight is 467 g/mol. The van der Waals surface area contributed by atoms with Crippen molar-refractivity contribution in [2.75, 3.05) is 11.4 Å². The highest BCUT2D eigenvalue weighted by Crippen LogP contribution is 2.32. The number of carbonyl (C=O) groups excluding carboxylic acids is 2. The molecule has 2 amide bonds. The van der Waals surface area contributed by atoms with E-state index in [9.17, 15) is 22.8 Å². The van der Waals surface area contributed by atoms with Crippen LogP contribution in [0, 0.1) is 5.92 Å². The number of hydrogen-bond acceptors (Lipinski definition) is 4. The SMILES string of the molecule is NC(=O)C1C=NCC(C(=O)N(Cc2ccc(-n3cccn3)cc2)c2cccc(C(F)(F)F)c2)=C1. The van der Waals surface area contributed by atoms with Crippen molar-refractivity contribution < 1.29 is 22.8 Å². The molecule has 0 fully saturated rings. The van der Waals surface area contributed by atoms with Crippen LogP contribution >= 0.6 is 0 Å². The van der Waals surface area contributed by atoms with E-state index in [1.807, 2.05) is 0 Å². The summed E-state index contributed by atoms with van der Waals surface area (Å²) in [5, 5.41) is 4.16. The van der Waals surface area contributed by atoms with E-state index in [2.05, 4.69) is 10.1 Å². The first-order chi connectivity index (χ1) is 16.2. The molecule has 4 rings (SSSR count). The van der Waals surface area contributed by atoms with Gasteiger partial charge in [0.2, 0.25) is 5.91 Å². The molecular formula is C24H20F3N5O2. The molecule has 0 saturated carbocycles. The number of aliphatic imine (C=N–C) groups is 1. The maximum Gasteiger partial charge on any atom is 0.416 e. The van der Waals surface area contributed by atoms with Crippen molar-refractivity contribution in [2.24, 2.45) is 16.6 Å². The van der Waals surface area contributed by atoms with Crippen LogP contribution in [-0.2, 0) is 22.3 Å². The molecule has 1 aliphatic rings. The monoisotopic (exact) mass is 467 g/mol. The molecule has 174 valence electrons. The first-order valence-corrected chi connectivity index (χ1v) is 10.3. The lowest BCUT2D eigenvalue weighted by molar-refractivity contribution is -0.137. The number of rotatable bonds is 6. The molecule has 0 saturated heterocycles. The van der Waals surface area contributed by atoms with Crippen molar-refractivity contribution in [1.29, 1.82) is 0 Å². The molecule has 3 aromatic rings. The molecule has 7 nitrogen and oxygen atoms in total. The lowest BCUT2D eigenvalue weighted by Gasteiger charge is -2.26. The fourth-order valence-corrected chi connectivity index (χ4v) is 3.53. The summed E-state index contributed by atoms with van der Waals surface area (Å²) in [6.45, 7) is -0.00185. The fourth-order valence-electron chi connectivity index (χ4n) is 3.53. The Morgan fingerprint density at radius 1 is 1.12 bits per heavy atom. The van der Waals surface area contributed by atoms with Gasteiger partial charge in [0.15, 0.2) is 0 Å². The molecule has 1 aliphatic heterocycles. The summed E-state index contributed by atoms with van der Waals surface area (Å²) < 4.78 is 41.7. The number of carbonyl (C=O) groups is 2. The van der Waals surface area contributed by atoms with Gasteiger partial charge in [0, 0.05) is 29.9 Å². The van der Waals surface area contributed by atoms with Crippen LogP contribution in [0.5, 0.6) is 0 Å². The van der Waals surface area contributed by atoms with Gasteiger partial charge in [-0.1, -0.05) is 24.3 Å². The summed E-state index contributed by atoms with van der Waals surface area (Å²) in [4.78, 5) is 30.3. The van der Waals surface area contributed by atoms with Crippen LogP contribution in [0.1, 0.15) is 11.1 Å². The van der Waals surface area contributed by atoms with Crippen molar-refractivity contribution in [3.8, 4) is 5.69 Å². The molecular weight excluding hydrogens is 447 g/mol. The summed E-state index contributed by atoms with van der Waals surface area (Å²) in [6.07, 6.45) is 1.60. The Kier molecular flexibility index (Phi) is 6.31. The first kappa shape index (κ1) is 23.0. The topological polar surface area (TPSA) is 93.6 Å². The molecule has 0 aliphatic carbocycles. The van der Waals surface area contributed by atoms with E-state index in [0.29, 0.717) is 5.56 Å². The zero-order valence-electron chi connectivity index (χ0n) is 17.8. The third-order valence-electron chi connectivity index (χ3n) is 5.29. The number of hydrogen-bond donors (Lipinski definition) is 1. The number of amides is 2. The van der Waals surface area contributed by atoms with Crippen molar-refractivity contribution in [3.63, 3.8) is 0 Å². The maximum atomic E-state index is 13.4. The molecule has 1 aromatic heterocycles. The first-order valence-electron chi connectivity index (χ1n) is 10.3. The molecule has 0 bridgehead atoms. The number of anilines is 1. The summed E-state index contributed by atoms with van der Waals surface area (Å²) in [5.74, 6) is -2.09. The van der Waals surface area contributed by atoms with Gasteiger partial charge in [-0.3, -0.25) is 14.6 Å². The number of nitrogens with zero attached hydrogens (tertiary/aromatic N) is 4. The molecule has 10 heteroatoms. The van der Waals surface area contributed by atoms with Gasteiger partial charge in [0.05, 0.1) is 30.3 Å².